The van der Waals surface area contributed by atoms with Gasteiger partial charge in [-0.3, -0.25) is 4.79 Å². The highest BCUT2D eigenvalue weighted by atomic mass is 19.2. The highest BCUT2D eigenvalue weighted by molar-refractivity contribution is 5.94. The van der Waals surface area contributed by atoms with Gasteiger partial charge < -0.3 is 10.6 Å². The van der Waals surface area contributed by atoms with Crippen LogP contribution < -0.4 is 5.73 Å². The number of nitrogens with two attached hydrogens (primary N) is 1. The van der Waals surface area contributed by atoms with Gasteiger partial charge >= 0.3 is 0 Å². The van der Waals surface area contributed by atoms with Gasteiger partial charge in [-0.05, 0) is 25.1 Å². The van der Waals surface area contributed by atoms with Gasteiger partial charge in [-0.1, -0.05) is 0 Å². The fourth-order valence-corrected chi connectivity index (χ4v) is 1.36. The largest absolute Gasteiger partial charge is 0.340 e. The number of likely N-dealkylation sites (N-methyl/N-ethyl adjacent to an activating group) is 1. The van der Waals surface area contributed by atoms with E-state index in [1.807, 2.05) is 0 Å². The van der Waals surface area contributed by atoms with E-state index in [1.165, 1.54) is 11.0 Å². The molecular weight excluding hydrogens is 214 g/mol. The van der Waals surface area contributed by atoms with Crippen LogP contribution in [0.25, 0.3) is 0 Å². The number of carbonyl (C=O) groups excluding carboxylic acids is 1. The Morgan fingerprint density at radius 1 is 1.44 bits per heavy atom. The molecule has 88 valence electrons. The van der Waals surface area contributed by atoms with Crippen molar-refractivity contribution in [3.63, 3.8) is 0 Å². The molecule has 0 fully saturated rings. The molecule has 1 unspecified atom stereocenters. The average molecular weight is 228 g/mol. The number of hydrogen-bond donors (Lipinski definition) is 1. The molecule has 16 heavy (non-hydrogen) atoms. The second-order valence-corrected chi connectivity index (χ2v) is 3.79. The van der Waals surface area contributed by atoms with Gasteiger partial charge in [0.25, 0.3) is 5.91 Å². The fraction of sp³-hybridized carbons (Fsp3) is 0.364. The van der Waals surface area contributed by atoms with Gasteiger partial charge in [-0.15, -0.1) is 0 Å². The Labute approximate surface area is 92.8 Å². The molecule has 1 atom stereocenters. The van der Waals surface area contributed by atoms with Gasteiger partial charge in [0.15, 0.2) is 11.6 Å². The maximum atomic E-state index is 12.9. The van der Waals surface area contributed by atoms with E-state index in [-0.39, 0.29) is 17.5 Å². The lowest BCUT2D eigenvalue weighted by atomic mass is 10.2. The van der Waals surface area contributed by atoms with E-state index in [1.54, 1.807) is 14.0 Å². The van der Waals surface area contributed by atoms with Crippen molar-refractivity contribution in [3.05, 3.63) is 35.4 Å². The topological polar surface area (TPSA) is 46.3 Å². The highest BCUT2D eigenvalue weighted by Gasteiger charge is 2.14. The minimum absolute atomic E-state index is 0.113. The molecule has 1 aromatic rings. The lowest BCUT2D eigenvalue weighted by Crippen LogP contribution is -2.37. The Bertz CT molecular complexity index is 394. The molecule has 2 N–H and O–H groups in total. The first-order valence-electron chi connectivity index (χ1n) is 4.88. The molecule has 3 nitrogen and oxygen atoms in total. The number of hydrogen-bond acceptors (Lipinski definition) is 2. The zero-order valence-corrected chi connectivity index (χ0v) is 9.21. The van der Waals surface area contributed by atoms with E-state index >= 15 is 0 Å². The number of amides is 1. The molecule has 5 heteroatoms. The summed E-state index contributed by atoms with van der Waals surface area (Å²) in [7, 11) is 1.56. The molecule has 1 amide bonds. The van der Waals surface area contributed by atoms with E-state index in [0.29, 0.717) is 6.54 Å². The Balaban J connectivity index is 2.84. The number of carbonyl (C=O) groups is 1. The smallest absolute Gasteiger partial charge is 0.253 e. The van der Waals surface area contributed by atoms with E-state index in [9.17, 15) is 13.6 Å². The lowest BCUT2D eigenvalue weighted by molar-refractivity contribution is 0.0788. The molecule has 0 spiro atoms. The van der Waals surface area contributed by atoms with Gasteiger partial charge in [-0.25, -0.2) is 8.78 Å². The maximum Gasteiger partial charge on any atom is 0.253 e. The zero-order valence-electron chi connectivity index (χ0n) is 9.21. The molecule has 0 heterocycles. The summed E-state index contributed by atoms with van der Waals surface area (Å²) in [6, 6.07) is 2.90. The van der Waals surface area contributed by atoms with Crippen LogP contribution in [0, 0.1) is 11.6 Å². The van der Waals surface area contributed by atoms with Crippen molar-refractivity contribution in [1.82, 2.24) is 4.90 Å². The fourth-order valence-electron chi connectivity index (χ4n) is 1.36. The normalized spacial score (nSPS) is 12.3. The predicted molar refractivity (Wildman–Crippen MR) is 57.0 cm³/mol. The summed E-state index contributed by atoms with van der Waals surface area (Å²) in [5.74, 6) is -2.37. The zero-order chi connectivity index (χ0) is 12.3. The number of nitrogens with zero attached hydrogens (tertiary/aromatic N) is 1. The molecule has 0 aliphatic carbocycles. The van der Waals surface area contributed by atoms with Gasteiger partial charge in [0, 0.05) is 25.2 Å². The third-order valence-corrected chi connectivity index (χ3v) is 2.08. The quantitative estimate of drug-likeness (QED) is 0.849. The van der Waals surface area contributed by atoms with Crippen molar-refractivity contribution in [1.29, 1.82) is 0 Å². The Morgan fingerprint density at radius 2 is 2.06 bits per heavy atom. The summed E-state index contributed by atoms with van der Waals surface area (Å²) in [6.45, 7) is 2.12. The van der Waals surface area contributed by atoms with Crippen LogP contribution in [-0.2, 0) is 0 Å². The standard InChI is InChI=1S/C11H14F2N2O/c1-7(14)6-15(2)11(16)8-3-4-9(12)10(13)5-8/h3-5,7H,6,14H2,1-2H3. The van der Waals surface area contributed by atoms with Crippen LogP contribution in [0.3, 0.4) is 0 Å². The minimum Gasteiger partial charge on any atom is -0.340 e. The molecule has 0 aliphatic rings. The first kappa shape index (κ1) is 12.6. The van der Waals surface area contributed by atoms with E-state index in [4.69, 9.17) is 5.73 Å². The number of halogens is 2. The van der Waals surface area contributed by atoms with Gasteiger partial charge in [0.2, 0.25) is 0 Å². The second kappa shape index (κ2) is 5.03. The molecule has 0 radical (unpaired) electrons. The second-order valence-electron chi connectivity index (χ2n) is 3.79. The van der Waals surface area contributed by atoms with Crippen LogP contribution in [0.5, 0.6) is 0 Å². The summed E-state index contributed by atoms with van der Waals surface area (Å²) < 4.78 is 25.5. The molecule has 0 saturated carbocycles. The average Bonchev–Trinajstić information content (AvgIpc) is 2.20. The van der Waals surface area contributed by atoms with Gasteiger partial charge in [-0.2, -0.15) is 0 Å². The predicted octanol–water partition coefficient (Wildman–Crippen LogP) is 1.38. The van der Waals surface area contributed by atoms with Crippen LogP contribution in [0.15, 0.2) is 18.2 Å². The van der Waals surface area contributed by atoms with Crippen molar-refractivity contribution in [2.75, 3.05) is 13.6 Å². The van der Waals surface area contributed by atoms with E-state index < -0.39 is 11.6 Å². The minimum atomic E-state index is -1.03. The van der Waals surface area contributed by atoms with Gasteiger partial charge in [0.05, 0.1) is 0 Å². The third kappa shape index (κ3) is 3.00. The Kier molecular flexibility index (Phi) is 3.95. The first-order chi connectivity index (χ1) is 7.41. The van der Waals surface area contributed by atoms with Crippen molar-refractivity contribution in [2.45, 2.75) is 13.0 Å². The SMILES string of the molecule is CC(N)CN(C)C(=O)c1ccc(F)c(F)c1. The van der Waals surface area contributed by atoms with E-state index in [2.05, 4.69) is 0 Å². The summed E-state index contributed by atoms with van der Waals surface area (Å²) in [5, 5.41) is 0. The first-order valence-corrected chi connectivity index (χ1v) is 4.88. The molecular formula is C11H14F2N2O. The van der Waals surface area contributed by atoms with Crippen LogP contribution in [0.4, 0.5) is 8.78 Å². The molecule has 0 aliphatic heterocycles. The Hall–Kier alpha value is -1.49. The number of benzene rings is 1. The Morgan fingerprint density at radius 3 is 2.56 bits per heavy atom. The molecule has 1 aromatic carbocycles. The summed E-state index contributed by atoms with van der Waals surface area (Å²) in [4.78, 5) is 13.1. The molecule has 0 saturated heterocycles. The van der Waals surface area contributed by atoms with Crippen LogP contribution in [-0.4, -0.2) is 30.4 Å². The monoisotopic (exact) mass is 228 g/mol. The summed E-state index contributed by atoms with van der Waals surface area (Å²) >= 11 is 0. The highest BCUT2D eigenvalue weighted by Crippen LogP contribution is 2.10. The molecule has 0 bridgehead atoms. The van der Waals surface area contributed by atoms with Crippen LogP contribution in [0.1, 0.15) is 17.3 Å². The van der Waals surface area contributed by atoms with Crippen LogP contribution in [0.2, 0.25) is 0 Å². The third-order valence-electron chi connectivity index (χ3n) is 2.08. The van der Waals surface area contributed by atoms with E-state index in [0.717, 1.165) is 12.1 Å². The van der Waals surface area contributed by atoms with Crippen molar-refractivity contribution in [3.8, 4) is 0 Å². The lowest BCUT2D eigenvalue weighted by Gasteiger charge is -2.19. The summed E-state index contributed by atoms with van der Waals surface area (Å²) in [6.07, 6.45) is 0. The van der Waals surface area contributed by atoms with Crippen molar-refractivity contribution in [2.24, 2.45) is 5.73 Å². The van der Waals surface area contributed by atoms with Crippen molar-refractivity contribution < 1.29 is 13.6 Å². The summed E-state index contributed by atoms with van der Waals surface area (Å²) in [5.41, 5.74) is 5.65. The maximum absolute atomic E-state index is 12.9. The molecule has 1 rings (SSSR count). The van der Waals surface area contributed by atoms with Gasteiger partial charge in [0.1, 0.15) is 0 Å². The van der Waals surface area contributed by atoms with Crippen LogP contribution >= 0.6 is 0 Å². The molecule has 0 aromatic heterocycles. The van der Waals surface area contributed by atoms with Crippen molar-refractivity contribution >= 4 is 5.91 Å². The number of rotatable bonds is 3.